The minimum absolute atomic E-state index is 0.0172. The van der Waals surface area contributed by atoms with Crippen LogP contribution in [0.3, 0.4) is 0 Å². The zero-order chi connectivity index (χ0) is 20.5. The van der Waals surface area contributed by atoms with E-state index in [0.717, 1.165) is 16.8 Å². The van der Waals surface area contributed by atoms with Crippen LogP contribution in [0.15, 0.2) is 65.2 Å². The largest absolute Gasteiger partial charge is 0.338 e. The van der Waals surface area contributed by atoms with Crippen LogP contribution >= 0.6 is 0 Å². The van der Waals surface area contributed by atoms with Gasteiger partial charge in [0.25, 0.3) is 5.89 Å². The van der Waals surface area contributed by atoms with E-state index in [0.29, 0.717) is 36.9 Å². The summed E-state index contributed by atoms with van der Waals surface area (Å²) in [6, 6.07) is 17.8. The van der Waals surface area contributed by atoms with Crippen LogP contribution in [-0.4, -0.2) is 37.7 Å². The molecule has 1 amide bonds. The molecule has 1 fully saturated rings. The number of aromatic nitrogens is 4. The molecule has 2 aromatic carbocycles. The Balaban J connectivity index is 1.29. The van der Waals surface area contributed by atoms with E-state index in [1.165, 1.54) is 12.1 Å². The van der Waals surface area contributed by atoms with Crippen LogP contribution in [0.1, 0.15) is 23.7 Å². The van der Waals surface area contributed by atoms with E-state index in [2.05, 4.69) is 20.3 Å². The second kappa shape index (κ2) is 7.55. The van der Waals surface area contributed by atoms with Gasteiger partial charge in [0.15, 0.2) is 5.82 Å². The summed E-state index contributed by atoms with van der Waals surface area (Å²) >= 11 is 0. The molecule has 1 saturated heterocycles. The van der Waals surface area contributed by atoms with Gasteiger partial charge in [-0.1, -0.05) is 47.6 Å². The van der Waals surface area contributed by atoms with Gasteiger partial charge in [0.2, 0.25) is 5.91 Å². The number of halogens is 1. The van der Waals surface area contributed by atoms with Crippen molar-refractivity contribution in [3.63, 3.8) is 0 Å². The zero-order valence-corrected chi connectivity index (χ0v) is 16.0. The van der Waals surface area contributed by atoms with Crippen molar-refractivity contribution < 1.29 is 13.7 Å². The highest BCUT2D eigenvalue weighted by molar-refractivity contribution is 5.79. The molecule has 0 saturated carbocycles. The molecule has 0 spiro atoms. The third-order valence-corrected chi connectivity index (χ3v) is 5.19. The number of benzene rings is 2. The standard InChI is InChI=1S/C22H18FN5O2/c23-17-8-6-14(7-9-17)12-28-13-16(10-20(28)29)21-24-22(30-27-21)19-11-18(25-26-19)15-4-2-1-3-5-15/h1-9,11,16H,10,12-13H2,(H,25,26). The quantitative estimate of drug-likeness (QED) is 0.548. The third kappa shape index (κ3) is 3.59. The lowest BCUT2D eigenvalue weighted by Crippen LogP contribution is -2.24. The number of amides is 1. The van der Waals surface area contributed by atoms with Crippen molar-refractivity contribution in [1.29, 1.82) is 0 Å². The highest BCUT2D eigenvalue weighted by Gasteiger charge is 2.34. The predicted molar refractivity (Wildman–Crippen MR) is 106 cm³/mol. The molecule has 0 bridgehead atoms. The number of nitrogens with zero attached hydrogens (tertiary/aromatic N) is 4. The van der Waals surface area contributed by atoms with Crippen LogP contribution in [0.25, 0.3) is 22.8 Å². The van der Waals surface area contributed by atoms with Gasteiger partial charge in [-0.05, 0) is 23.8 Å². The summed E-state index contributed by atoms with van der Waals surface area (Å²) in [5.41, 5.74) is 3.27. The molecule has 4 aromatic rings. The van der Waals surface area contributed by atoms with Crippen LogP contribution in [0, 0.1) is 5.82 Å². The monoisotopic (exact) mass is 403 g/mol. The minimum Gasteiger partial charge on any atom is -0.338 e. The van der Waals surface area contributed by atoms with E-state index in [4.69, 9.17) is 4.52 Å². The van der Waals surface area contributed by atoms with Gasteiger partial charge in [0.1, 0.15) is 11.5 Å². The number of likely N-dealkylation sites (tertiary alicyclic amines) is 1. The maximum absolute atomic E-state index is 13.1. The average Bonchev–Trinajstić information content (AvgIpc) is 3.50. The van der Waals surface area contributed by atoms with Gasteiger partial charge in [0, 0.05) is 31.0 Å². The fourth-order valence-electron chi connectivity index (χ4n) is 3.61. The van der Waals surface area contributed by atoms with Gasteiger partial charge in [0.05, 0.1) is 5.69 Å². The van der Waals surface area contributed by atoms with E-state index in [9.17, 15) is 9.18 Å². The summed E-state index contributed by atoms with van der Waals surface area (Å²) in [4.78, 5) is 18.6. The summed E-state index contributed by atoms with van der Waals surface area (Å²) in [6.07, 6.45) is 0.318. The third-order valence-electron chi connectivity index (χ3n) is 5.19. The summed E-state index contributed by atoms with van der Waals surface area (Å²) in [5.74, 6) is 0.411. The fraction of sp³-hybridized carbons (Fsp3) is 0.182. The number of aromatic amines is 1. The molecular weight excluding hydrogens is 385 g/mol. The maximum atomic E-state index is 13.1. The van der Waals surface area contributed by atoms with E-state index < -0.39 is 0 Å². The summed E-state index contributed by atoms with van der Waals surface area (Å²) < 4.78 is 18.5. The number of carbonyl (C=O) groups excluding carboxylic acids is 1. The van der Waals surface area contributed by atoms with Gasteiger partial charge >= 0.3 is 0 Å². The van der Waals surface area contributed by atoms with Crippen LogP contribution in [0.4, 0.5) is 4.39 Å². The first-order valence-electron chi connectivity index (χ1n) is 9.63. The number of nitrogens with one attached hydrogen (secondary N) is 1. The lowest BCUT2D eigenvalue weighted by molar-refractivity contribution is -0.128. The molecule has 5 rings (SSSR count). The van der Waals surface area contributed by atoms with Gasteiger partial charge in [-0.2, -0.15) is 10.1 Å². The Morgan fingerprint density at radius 2 is 1.93 bits per heavy atom. The fourth-order valence-corrected chi connectivity index (χ4v) is 3.61. The predicted octanol–water partition coefficient (Wildman–Crippen LogP) is 3.78. The number of H-pyrrole nitrogens is 1. The highest BCUT2D eigenvalue weighted by Crippen LogP contribution is 2.29. The Hall–Kier alpha value is -3.81. The second-order valence-electron chi connectivity index (χ2n) is 7.29. The van der Waals surface area contributed by atoms with Gasteiger partial charge in [-0.3, -0.25) is 9.89 Å². The molecule has 1 aliphatic heterocycles. The molecule has 8 heteroatoms. The molecule has 30 heavy (non-hydrogen) atoms. The van der Waals surface area contributed by atoms with Crippen molar-refractivity contribution in [2.24, 2.45) is 0 Å². The molecule has 1 aliphatic rings. The van der Waals surface area contributed by atoms with Crippen LogP contribution in [0.2, 0.25) is 0 Å². The lowest BCUT2D eigenvalue weighted by atomic mass is 10.1. The van der Waals surface area contributed by atoms with Crippen molar-refractivity contribution in [3.05, 3.63) is 77.9 Å². The summed E-state index contributed by atoms with van der Waals surface area (Å²) in [7, 11) is 0. The number of rotatable bonds is 5. The molecule has 150 valence electrons. The Morgan fingerprint density at radius 1 is 1.13 bits per heavy atom. The van der Waals surface area contributed by atoms with E-state index in [1.54, 1.807) is 17.0 Å². The lowest BCUT2D eigenvalue weighted by Gasteiger charge is -2.16. The Bertz CT molecular complexity index is 1170. The SMILES string of the molecule is O=C1CC(c2noc(-c3cc(-c4ccccc4)n[nH]3)n2)CN1Cc1ccc(F)cc1. The average molecular weight is 403 g/mol. The molecule has 1 N–H and O–H groups in total. The molecule has 1 atom stereocenters. The Kier molecular flexibility index (Phi) is 4.59. The van der Waals surface area contributed by atoms with E-state index >= 15 is 0 Å². The maximum Gasteiger partial charge on any atom is 0.275 e. The van der Waals surface area contributed by atoms with Crippen molar-refractivity contribution in [2.45, 2.75) is 18.9 Å². The summed E-state index contributed by atoms with van der Waals surface area (Å²) in [5, 5.41) is 11.3. The van der Waals surface area contributed by atoms with Crippen molar-refractivity contribution >= 4 is 5.91 Å². The number of hydrogen-bond donors (Lipinski definition) is 1. The summed E-state index contributed by atoms with van der Waals surface area (Å²) in [6.45, 7) is 0.925. The van der Waals surface area contributed by atoms with Gasteiger partial charge in [-0.25, -0.2) is 4.39 Å². The first-order valence-corrected chi connectivity index (χ1v) is 9.63. The zero-order valence-electron chi connectivity index (χ0n) is 16.0. The van der Waals surface area contributed by atoms with E-state index in [1.807, 2.05) is 36.4 Å². The number of carbonyl (C=O) groups is 1. The number of hydrogen-bond acceptors (Lipinski definition) is 5. The molecule has 7 nitrogen and oxygen atoms in total. The smallest absolute Gasteiger partial charge is 0.275 e. The first kappa shape index (κ1) is 18.2. The van der Waals surface area contributed by atoms with Gasteiger partial charge < -0.3 is 9.42 Å². The van der Waals surface area contributed by atoms with Crippen molar-refractivity contribution in [1.82, 2.24) is 25.2 Å². The highest BCUT2D eigenvalue weighted by atomic mass is 19.1. The van der Waals surface area contributed by atoms with Crippen LogP contribution in [0.5, 0.6) is 0 Å². The molecule has 0 aliphatic carbocycles. The molecule has 2 aromatic heterocycles. The Morgan fingerprint density at radius 3 is 2.73 bits per heavy atom. The minimum atomic E-state index is -0.294. The molecule has 3 heterocycles. The van der Waals surface area contributed by atoms with Crippen LogP contribution in [-0.2, 0) is 11.3 Å². The van der Waals surface area contributed by atoms with E-state index in [-0.39, 0.29) is 17.6 Å². The molecular formula is C22H18FN5O2. The Labute approximate surface area is 171 Å². The first-order chi connectivity index (χ1) is 14.7. The van der Waals surface area contributed by atoms with Gasteiger partial charge in [-0.15, -0.1) is 0 Å². The van der Waals surface area contributed by atoms with Crippen LogP contribution < -0.4 is 0 Å². The molecule has 0 radical (unpaired) electrons. The second-order valence-corrected chi connectivity index (χ2v) is 7.29. The topological polar surface area (TPSA) is 87.9 Å². The van der Waals surface area contributed by atoms with Crippen molar-refractivity contribution in [3.8, 4) is 22.8 Å². The molecule has 1 unspecified atom stereocenters. The normalized spacial score (nSPS) is 16.4. The van der Waals surface area contributed by atoms with Crippen molar-refractivity contribution in [2.75, 3.05) is 6.54 Å².